The Morgan fingerprint density at radius 3 is 2.17 bits per heavy atom. The summed E-state index contributed by atoms with van der Waals surface area (Å²) in [5.74, 6) is -0.320. The first-order valence-electron chi connectivity index (χ1n) is 4.38. The average molecular weight is 170 g/mol. The topological polar surface area (TPSA) is 69.1 Å². The highest BCUT2D eigenvalue weighted by molar-refractivity contribution is 5.92. The van der Waals surface area contributed by atoms with E-state index in [1.54, 1.807) is 0 Å². The second kappa shape index (κ2) is 5.77. The molecular weight excluding hydrogens is 152 g/mol. The quantitative estimate of drug-likeness (QED) is 0.603. The molecule has 1 amide bonds. The number of primary amides is 1. The van der Waals surface area contributed by atoms with Crippen LogP contribution in [0.15, 0.2) is 11.1 Å². The first kappa shape index (κ1) is 11.2. The number of carbonyl (C=O) groups excluding carboxylic acids is 1. The van der Waals surface area contributed by atoms with Crippen LogP contribution in [-0.2, 0) is 4.79 Å². The van der Waals surface area contributed by atoms with Gasteiger partial charge in [0.25, 0.3) is 0 Å². The van der Waals surface area contributed by atoms with Crippen LogP contribution in [0.25, 0.3) is 0 Å². The van der Waals surface area contributed by atoms with Crippen molar-refractivity contribution >= 4 is 5.91 Å². The Morgan fingerprint density at radius 2 is 1.92 bits per heavy atom. The van der Waals surface area contributed by atoms with Crippen molar-refractivity contribution in [3.63, 3.8) is 0 Å². The van der Waals surface area contributed by atoms with E-state index in [1.807, 2.05) is 13.8 Å². The highest BCUT2D eigenvalue weighted by Crippen LogP contribution is 2.12. The van der Waals surface area contributed by atoms with Gasteiger partial charge in [0.05, 0.1) is 0 Å². The monoisotopic (exact) mass is 170 g/mol. The fourth-order valence-corrected chi connectivity index (χ4v) is 1.21. The van der Waals surface area contributed by atoms with Gasteiger partial charge < -0.3 is 11.5 Å². The Bertz CT molecular complexity index is 179. The fraction of sp³-hybridized carbons (Fsp3) is 0.667. The molecule has 0 unspecified atom stereocenters. The third-order valence-corrected chi connectivity index (χ3v) is 1.90. The summed E-state index contributed by atoms with van der Waals surface area (Å²) in [7, 11) is 0. The van der Waals surface area contributed by atoms with Crippen molar-refractivity contribution in [2.45, 2.75) is 33.1 Å². The molecule has 0 aromatic carbocycles. The Hall–Kier alpha value is -0.830. The molecule has 0 spiro atoms. The molecule has 0 radical (unpaired) electrons. The van der Waals surface area contributed by atoms with Gasteiger partial charge in [-0.15, -0.1) is 0 Å². The predicted molar refractivity (Wildman–Crippen MR) is 50.5 cm³/mol. The molecule has 0 aliphatic heterocycles. The molecule has 0 atom stereocenters. The molecule has 0 saturated carbocycles. The molecule has 70 valence electrons. The molecule has 0 fully saturated rings. The van der Waals surface area contributed by atoms with Gasteiger partial charge in [-0.2, -0.15) is 0 Å². The van der Waals surface area contributed by atoms with E-state index in [0.717, 1.165) is 30.4 Å². The second-order valence-corrected chi connectivity index (χ2v) is 2.75. The molecule has 0 aromatic heterocycles. The highest BCUT2D eigenvalue weighted by atomic mass is 16.1. The van der Waals surface area contributed by atoms with E-state index in [0.29, 0.717) is 6.54 Å². The molecule has 12 heavy (non-hydrogen) atoms. The van der Waals surface area contributed by atoms with Gasteiger partial charge in [-0.1, -0.05) is 20.3 Å². The maximum atomic E-state index is 11.0. The Morgan fingerprint density at radius 1 is 1.33 bits per heavy atom. The second-order valence-electron chi connectivity index (χ2n) is 2.75. The van der Waals surface area contributed by atoms with Gasteiger partial charge in [0.1, 0.15) is 0 Å². The van der Waals surface area contributed by atoms with E-state index < -0.39 is 0 Å². The third kappa shape index (κ3) is 3.05. The van der Waals surface area contributed by atoms with Gasteiger partial charge in [-0.05, 0) is 18.4 Å². The lowest BCUT2D eigenvalue weighted by Crippen LogP contribution is -2.18. The van der Waals surface area contributed by atoms with Crippen LogP contribution in [0.3, 0.4) is 0 Å². The zero-order valence-corrected chi connectivity index (χ0v) is 7.89. The van der Waals surface area contributed by atoms with Crippen LogP contribution in [0.1, 0.15) is 33.1 Å². The smallest absolute Gasteiger partial charge is 0.244 e. The molecule has 0 heterocycles. The van der Waals surface area contributed by atoms with E-state index in [9.17, 15) is 4.79 Å². The SMILES string of the molecule is CCC/C(C(N)=O)=C(\CC)CN. The minimum atomic E-state index is -0.320. The maximum Gasteiger partial charge on any atom is 0.244 e. The molecule has 3 nitrogen and oxygen atoms in total. The van der Waals surface area contributed by atoms with Crippen LogP contribution in [0, 0.1) is 0 Å². The first-order chi connectivity index (χ1) is 5.67. The van der Waals surface area contributed by atoms with Gasteiger partial charge in [0, 0.05) is 12.1 Å². The molecule has 0 aromatic rings. The van der Waals surface area contributed by atoms with Gasteiger partial charge in [0.2, 0.25) is 5.91 Å². The molecule has 0 aliphatic carbocycles. The van der Waals surface area contributed by atoms with Crippen molar-refractivity contribution < 1.29 is 4.79 Å². The molecule has 3 heteroatoms. The van der Waals surface area contributed by atoms with Crippen molar-refractivity contribution in [1.82, 2.24) is 0 Å². The Kier molecular flexibility index (Phi) is 5.37. The molecule has 0 aliphatic rings. The van der Waals surface area contributed by atoms with Crippen molar-refractivity contribution in [3.8, 4) is 0 Å². The fourth-order valence-electron chi connectivity index (χ4n) is 1.21. The van der Waals surface area contributed by atoms with E-state index >= 15 is 0 Å². The van der Waals surface area contributed by atoms with Crippen LogP contribution in [0.2, 0.25) is 0 Å². The minimum Gasteiger partial charge on any atom is -0.366 e. The normalized spacial score (nSPS) is 12.6. The van der Waals surface area contributed by atoms with Crippen molar-refractivity contribution in [2.24, 2.45) is 11.5 Å². The predicted octanol–water partition coefficient (Wildman–Crippen LogP) is 0.937. The van der Waals surface area contributed by atoms with Gasteiger partial charge in [0.15, 0.2) is 0 Å². The lowest BCUT2D eigenvalue weighted by atomic mass is 10.0. The molecule has 0 bridgehead atoms. The van der Waals surface area contributed by atoms with E-state index in [1.165, 1.54) is 0 Å². The standard InChI is InChI=1S/C9H18N2O/c1-3-5-8(9(11)12)7(4-2)6-10/h3-6,10H2,1-2H3,(H2,11,12)/b8-7-. The lowest BCUT2D eigenvalue weighted by Gasteiger charge is -2.07. The minimum absolute atomic E-state index is 0.320. The van der Waals surface area contributed by atoms with E-state index in [-0.39, 0.29) is 5.91 Å². The van der Waals surface area contributed by atoms with Crippen molar-refractivity contribution in [1.29, 1.82) is 0 Å². The summed E-state index contributed by atoms with van der Waals surface area (Å²) in [5.41, 5.74) is 12.4. The number of hydrogen-bond acceptors (Lipinski definition) is 2. The van der Waals surface area contributed by atoms with E-state index in [2.05, 4.69) is 0 Å². The summed E-state index contributed by atoms with van der Waals surface area (Å²) < 4.78 is 0. The summed E-state index contributed by atoms with van der Waals surface area (Å²) in [5, 5.41) is 0. The third-order valence-electron chi connectivity index (χ3n) is 1.90. The summed E-state index contributed by atoms with van der Waals surface area (Å²) in [6, 6.07) is 0. The van der Waals surface area contributed by atoms with E-state index in [4.69, 9.17) is 11.5 Å². The Balaban J connectivity index is 4.63. The number of nitrogens with two attached hydrogens (primary N) is 2. The molecule has 4 N–H and O–H groups in total. The van der Waals surface area contributed by atoms with Crippen LogP contribution in [0.4, 0.5) is 0 Å². The van der Waals surface area contributed by atoms with Gasteiger partial charge in [-0.3, -0.25) is 4.79 Å². The van der Waals surface area contributed by atoms with Crippen LogP contribution >= 0.6 is 0 Å². The number of rotatable bonds is 5. The Labute approximate surface area is 73.8 Å². The average Bonchev–Trinajstić information content (AvgIpc) is 2.05. The summed E-state index contributed by atoms with van der Waals surface area (Å²) in [6.07, 6.45) is 2.49. The van der Waals surface area contributed by atoms with Gasteiger partial charge in [-0.25, -0.2) is 0 Å². The first-order valence-corrected chi connectivity index (χ1v) is 4.38. The number of carbonyl (C=O) groups is 1. The number of hydrogen-bond donors (Lipinski definition) is 2. The van der Waals surface area contributed by atoms with Crippen molar-refractivity contribution in [3.05, 3.63) is 11.1 Å². The van der Waals surface area contributed by atoms with Crippen LogP contribution in [-0.4, -0.2) is 12.5 Å². The molecule has 0 rings (SSSR count). The van der Waals surface area contributed by atoms with Crippen molar-refractivity contribution in [2.75, 3.05) is 6.54 Å². The summed E-state index contributed by atoms with van der Waals surface area (Å²) >= 11 is 0. The molecule has 0 saturated heterocycles. The van der Waals surface area contributed by atoms with Gasteiger partial charge >= 0.3 is 0 Å². The lowest BCUT2D eigenvalue weighted by molar-refractivity contribution is -0.114. The van der Waals surface area contributed by atoms with Crippen LogP contribution in [0.5, 0.6) is 0 Å². The molecular formula is C9H18N2O. The largest absolute Gasteiger partial charge is 0.366 e. The zero-order valence-electron chi connectivity index (χ0n) is 7.89. The van der Waals surface area contributed by atoms with Crippen LogP contribution < -0.4 is 11.5 Å². The highest BCUT2D eigenvalue weighted by Gasteiger charge is 2.08. The zero-order chi connectivity index (χ0) is 9.56. The summed E-state index contributed by atoms with van der Waals surface area (Å²) in [6.45, 7) is 4.45. The maximum absolute atomic E-state index is 11.0. The number of amides is 1. The summed E-state index contributed by atoms with van der Waals surface area (Å²) in [4.78, 5) is 11.0.